The number of hydrogen-bond acceptors (Lipinski definition) is 7. The number of hydrogen-bond donors (Lipinski definition) is 6. The van der Waals surface area contributed by atoms with E-state index in [0.717, 1.165) is 0 Å². The van der Waals surface area contributed by atoms with Crippen molar-refractivity contribution >= 4 is 17.0 Å². The third-order valence-corrected chi connectivity index (χ3v) is 4.66. The highest BCUT2D eigenvalue weighted by Gasteiger charge is 2.70. The van der Waals surface area contributed by atoms with E-state index >= 15 is 0 Å². The van der Waals surface area contributed by atoms with Gasteiger partial charge in [-0.05, 0) is 12.5 Å². The maximum absolute atomic E-state index is 12.0. The van der Waals surface area contributed by atoms with Crippen LogP contribution in [-0.4, -0.2) is 55.1 Å². The molecule has 2 aromatic heterocycles. The van der Waals surface area contributed by atoms with E-state index in [4.69, 9.17) is 10.5 Å². The zero-order valence-electron chi connectivity index (χ0n) is 11.8. The molecule has 7 N–H and O–H groups in total. The number of nitrogens with one attached hydrogen (secondary N) is 3. The second kappa shape index (κ2) is 4.29. The standard InChI is InChI=1S/C13H17N5O4/c1-13-8(6(19)7(20)9(13)22-13)15-2-4-3-16-10-5(4)11(21)18-12(14)17-10/h3,6-9,15,19-20H,2H2,1H3,(H4,14,16,17,18,21)/t6-,7+,8+,9-,13?/m0/s1. The van der Waals surface area contributed by atoms with Gasteiger partial charge in [0.15, 0.2) is 0 Å². The molecule has 2 aliphatic rings. The second-order valence-corrected chi connectivity index (χ2v) is 6.05. The summed E-state index contributed by atoms with van der Waals surface area (Å²) in [5, 5.41) is 23.5. The fourth-order valence-corrected chi connectivity index (χ4v) is 3.42. The molecule has 3 heterocycles. The first kappa shape index (κ1) is 13.7. The minimum atomic E-state index is -0.902. The number of aliphatic hydroxyl groups excluding tert-OH is 2. The van der Waals surface area contributed by atoms with Crippen molar-refractivity contribution in [3.63, 3.8) is 0 Å². The first-order valence-electron chi connectivity index (χ1n) is 7.05. The Hall–Kier alpha value is -1.94. The summed E-state index contributed by atoms with van der Waals surface area (Å²) in [6, 6.07) is -0.404. The number of nitrogens with two attached hydrogens (primary N) is 1. The molecule has 2 fully saturated rings. The summed E-state index contributed by atoms with van der Waals surface area (Å²) in [6.45, 7) is 2.17. The Balaban J connectivity index is 1.59. The topological polar surface area (TPSA) is 153 Å². The highest BCUT2D eigenvalue weighted by molar-refractivity contribution is 5.79. The van der Waals surface area contributed by atoms with Gasteiger partial charge < -0.3 is 31.0 Å². The van der Waals surface area contributed by atoms with E-state index < -0.39 is 23.9 Å². The number of nitrogen functional groups attached to an aromatic ring is 1. The Labute approximate surface area is 124 Å². The zero-order chi connectivity index (χ0) is 15.6. The van der Waals surface area contributed by atoms with Gasteiger partial charge in [-0.3, -0.25) is 9.78 Å². The smallest absolute Gasteiger partial charge is 0.262 e. The molecule has 0 radical (unpaired) electrons. The molecule has 22 heavy (non-hydrogen) atoms. The Morgan fingerprint density at radius 1 is 1.50 bits per heavy atom. The lowest BCUT2D eigenvalue weighted by molar-refractivity contribution is -0.0258. The molecule has 4 rings (SSSR count). The summed E-state index contributed by atoms with van der Waals surface area (Å²) < 4.78 is 5.46. The number of nitrogens with zero attached hydrogens (tertiary/aromatic N) is 1. The lowest BCUT2D eigenvalue weighted by Crippen LogP contribution is -2.48. The molecule has 1 aliphatic carbocycles. The van der Waals surface area contributed by atoms with Crippen molar-refractivity contribution in [2.45, 2.75) is 43.4 Å². The molecule has 1 aliphatic heterocycles. The average Bonchev–Trinajstić information content (AvgIpc) is 2.90. The number of H-pyrrole nitrogens is 2. The molecule has 1 unspecified atom stereocenters. The van der Waals surface area contributed by atoms with Crippen molar-refractivity contribution in [3.8, 4) is 0 Å². The van der Waals surface area contributed by atoms with Crippen LogP contribution >= 0.6 is 0 Å². The number of aliphatic hydroxyl groups is 2. The highest BCUT2D eigenvalue weighted by Crippen LogP contribution is 2.49. The normalized spacial score (nSPS) is 36.7. The first-order valence-corrected chi connectivity index (χ1v) is 7.05. The molecule has 0 spiro atoms. The Morgan fingerprint density at radius 2 is 2.27 bits per heavy atom. The van der Waals surface area contributed by atoms with Crippen LogP contribution in [0.2, 0.25) is 0 Å². The van der Waals surface area contributed by atoms with E-state index in [-0.39, 0.29) is 17.6 Å². The molecule has 2 aromatic rings. The minimum absolute atomic E-state index is 0.0509. The van der Waals surface area contributed by atoms with Gasteiger partial charge in [-0.25, -0.2) is 0 Å². The second-order valence-electron chi connectivity index (χ2n) is 6.05. The minimum Gasteiger partial charge on any atom is -0.389 e. The van der Waals surface area contributed by atoms with Gasteiger partial charge in [-0.2, -0.15) is 4.98 Å². The fourth-order valence-electron chi connectivity index (χ4n) is 3.42. The van der Waals surface area contributed by atoms with E-state index in [1.54, 1.807) is 6.20 Å². The molecule has 0 amide bonds. The molecule has 9 nitrogen and oxygen atoms in total. The van der Waals surface area contributed by atoms with Crippen LogP contribution in [0, 0.1) is 0 Å². The quantitative estimate of drug-likeness (QED) is 0.365. The van der Waals surface area contributed by atoms with Gasteiger partial charge in [0.2, 0.25) is 5.95 Å². The molecule has 0 bridgehead atoms. The van der Waals surface area contributed by atoms with E-state index in [2.05, 4.69) is 20.3 Å². The number of fused-ring (bicyclic) bond motifs is 2. The predicted octanol–water partition coefficient (Wildman–Crippen LogP) is -1.82. The Kier molecular flexibility index (Phi) is 2.67. The number of anilines is 1. The van der Waals surface area contributed by atoms with Gasteiger partial charge >= 0.3 is 0 Å². The monoisotopic (exact) mass is 307 g/mol. The van der Waals surface area contributed by atoms with Crippen molar-refractivity contribution in [2.75, 3.05) is 5.73 Å². The molecule has 0 aromatic carbocycles. The average molecular weight is 307 g/mol. The van der Waals surface area contributed by atoms with Crippen LogP contribution in [0.3, 0.4) is 0 Å². The molecule has 1 saturated carbocycles. The van der Waals surface area contributed by atoms with Crippen molar-refractivity contribution in [1.82, 2.24) is 20.3 Å². The van der Waals surface area contributed by atoms with Gasteiger partial charge in [-0.1, -0.05) is 0 Å². The molecular weight excluding hydrogens is 290 g/mol. The van der Waals surface area contributed by atoms with Crippen LogP contribution in [0.5, 0.6) is 0 Å². The van der Waals surface area contributed by atoms with Crippen LogP contribution in [-0.2, 0) is 11.3 Å². The highest BCUT2D eigenvalue weighted by atomic mass is 16.6. The lowest BCUT2D eigenvalue weighted by Gasteiger charge is -2.24. The summed E-state index contributed by atoms with van der Waals surface area (Å²) >= 11 is 0. The maximum Gasteiger partial charge on any atom is 0.262 e. The van der Waals surface area contributed by atoms with Crippen LogP contribution in [0.15, 0.2) is 11.0 Å². The van der Waals surface area contributed by atoms with Gasteiger partial charge in [0.1, 0.15) is 29.6 Å². The van der Waals surface area contributed by atoms with E-state index in [0.29, 0.717) is 23.1 Å². The molecule has 9 heteroatoms. The maximum atomic E-state index is 12.0. The number of aromatic amines is 2. The number of ether oxygens (including phenoxy) is 1. The number of rotatable bonds is 3. The summed E-state index contributed by atoms with van der Waals surface area (Å²) in [4.78, 5) is 21.4. The van der Waals surface area contributed by atoms with Gasteiger partial charge in [0, 0.05) is 12.7 Å². The van der Waals surface area contributed by atoms with Crippen molar-refractivity contribution in [2.24, 2.45) is 0 Å². The number of aromatic nitrogens is 3. The summed E-state index contributed by atoms with van der Waals surface area (Å²) in [7, 11) is 0. The van der Waals surface area contributed by atoms with Crippen molar-refractivity contribution in [3.05, 3.63) is 22.1 Å². The van der Waals surface area contributed by atoms with Crippen LogP contribution in [0.1, 0.15) is 12.5 Å². The SMILES string of the molecule is CC12O[C@H]1[C@H](O)[C@H](O)[C@H]2NCc1c[nH]c2nc(N)[nH]c(=O)c12. The predicted molar refractivity (Wildman–Crippen MR) is 77.0 cm³/mol. The van der Waals surface area contributed by atoms with E-state index in [1.807, 2.05) is 6.92 Å². The van der Waals surface area contributed by atoms with Gasteiger partial charge in [-0.15, -0.1) is 0 Å². The Morgan fingerprint density at radius 3 is 2.95 bits per heavy atom. The van der Waals surface area contributed by atoms with Gasteiger partial charge in [0.25, 0.3) is 5.56 Å². The zero-order valence-corrected chi connectivity index (χ0v) is 11.8. The van der Waals surface area contributed by atoms with E-state index in [9.17, 15) is 15.0 Å². The molecular formula is C13H17N5O4. The first-order chi connectivity index (χ1) is 10.4. The van der Waals surface area contributed by atoms with Crippen molar-refractivity contribution in [1.29, 1.82) is 0 Å². The van der Waals surface area contributed by atoms with E-state index in [1.165, 1.54) is 0 Å². The van der Waals surface area contributed by atoms with Crippen LogP contribution in [0.25, 0.3) is 11.0 Å². The molecule has 118 valence electrons. The number of epoxide rings is 1. The largest absolute Gasteiger partial charge is 0.389 e. The third-order valence-electron chi connectivity index (χ3n) is 4.66. The molecule has 5 atom stereocenters. The Bertz CT molecular complexity index is 801. The lowest BCUT2D eigenvalue weighted by atomic mass is 10.0. The third kappa shape index (κ3) is 1.73. The van der Waals surface area contributed by atoms with Crippen LogP contribution < -0.4 is 16.6 Å². The summed E-state index contributed by atoms with van der Waals surface area (Å²) in [5.74, 6) is 0.0509. The van der Waals surface area contributed by atoms with Crippen LogP contribution in [0.4, 0.5) is 5.95 Å². The summed E-state index contributed by atoms with van der Waals surface area (Å²) in [6.07, 6.45) is -0.464. The molecule has 1 saturated heterocycles. The van der Waals surface area contributed by atoms with Gasteiger partial charge in [0.05, 0.1) is 11.4 Å². The van der Waals surface area contributed by atoms with Crippen molar-refractivity contribution < 1.29 is 14.9 Å². The fraction of sp³-hybridized carbons (Fsp3) is 0.538. The summed E-state index contributed by atoms with van der Waals surface area (Å²) in [5.41, 5.74) is 5.73.